The molecule has 2 aromatic carbocycles. The molecule has 2 aliphatic heterocycles. The van der Waals surface area contributed by atoms with Gasteiger partial charge < -0.3 is 14.9 Å². The summed E-state index contributed by atoms with van der Waals surface area (Å²) in [6.07, 6.45) is 0. The zero-order valence-corrected chi connectivity index (χ0v) is 23.2. The first-order valence-electron chi connectivity index (χ1n) is 11.8. The van der Waals surface area contributed by atoms with Crippen molar-refractivity contribution in [3.8, 4) is 0 Å². The Bertz CT molecular complexity index is 1240. The molecule has 0 saturated carbocycles. The Balaban J connectivity index is 1.87. The topological polar surface area (TPSA) is 73.2 Å². The Kier molecular flexibility index (Phi) is 7.47. The number of aliphatic imine (C=N–C) groups is 1. The van der Waals surface area contributed by atoms with E-state index in [-0.39, 0.29) is 30.5 Å². The van der Waals surface area contributed by atoms with Gasteiger partial charge in [-0.2, -0.15) is 0 Å². The number of carbonyl (C=O) groups is 2. The Morgan fingerprint density at radius 3 is 2.11 bits per heavy atom. The second kappa shape index (κ2) is 10.1. The number of carboxylic acids is 1. The van der Waals surface area contributed by atoms with E-state index in [1.165, 1.54) is 16.7 Å². The molecule has 0 aromatic heterocycles. The quantitative estimate of drug-likeness (QED) is 0.426. The average Bonchev–Trinajstić information content (AvgIpc) is 3.30. The van der Waals surface area contributed by atoms with Crippen LogP contribution < -0.4 is 0 Å². The number of hydrogen-bond donors (Lipinski definition) is 1. The normalized spacial score (nSPS) is 21.3. The molecule has 2 heterocycles. The lowest BCUT2D eigenvalue weighted by Crippen LogP contribution is -2.41. The lowest BCUT2D eigenvalue weighted by atomic mass is 9.81. The maximum atomic E-state index is 13.7. The molecule has 4 rings (SSSR count). The monoisotopic (exact) mass is 545 g/mol. The van der Waals surface area contributed by atoms with Crippen LogP contribution >= 0.6 is 35.0 Å². The summed E-state index contributed by atoms with van der Waals surface area (Å²) in [7, 11) is 0. The number of hydrogen-bond acceptors (Lipinski definition) is 5. The second-order valence-corrected chi connectivity index (χ2v) is 11.6. The van der Waals surface area contributed by atoms with Crippen LogP contribution in [0.4, 0.5) is 0 Å². The molecule has 190 valence electrons. The van der Waals surface area contributed by atoms with Crippen molar-refractivity contribution in [2.75, 3.05) is 6.54 Å². The highest BCUT2D eigenvalue weighted by atomic mass is 35.5. The first kappa shape index (κ1) is 26.6. The van der Waals surface area contributed by atoms with E-state index < -0.39 is 11.5 Å². The third-order valence-electron chi connectivity index (χ3n) is 6.56. The fourth-order valence-corrected chi connectivity index (χ4v) is 6.44. The zero-order chi connectivity index (χ0) is 26.4. The summed E-state index contributed by atoms with van der Waals surface area (Å²) in [5, 5.41) is 11.4. The van der Waals surface area contributed by atoms with Gasteiger partial charge in [-0.1, -0.05) is 61.3 Å². The van der Waals surface area contributed by atoms with Gasteiger partial charge in [0, 0.05) is 21.8 Å². The second-order valence-electron chi connectivity index (χ2n) is 9.76. The fraction of sp³-hybridized carbons (Fsp3) is 0.370. The van der Waals surface area contributed by atoms with Crippen molar-refractivity contribution >= 4 is 52.0 Å². The fourth-order valence-electron chi connectivity index (χ4n) is 4.83. The van der Waals surface area contributed by atoms with Gasteiger partial charge in [-0.3, -0.25) is 9.59 Å². The van der Waals surface area contributed by atoms with E-state index in [1.54, 1.807) is 0 Å². The molecule has 0 bridgehead atoms. The highest BCUT2D eigenvalue weighted by Gasteiger charge is 2.53. The van der Waals surface area contributed by atoms with Gasteiger partial charge in [-0.15, -0.1) is 0 Å². The van der Waals surface area contributed by atoms with Crippen LogP contribution in [-0.2, 0) is 15.1 Å². The maximum Gasteiger partial charge on any atom is 0.323 e. The SMILES string of the molecule is CC(C)C1=C(C(=O)N(CC(=O)O)C(C)C)SC2=NC(C)(c3ccc(Cl)cc3)C(c3ccc(Cl)cc3)N21. The molecular formula is C27H29Cl2N3O3S. The Morgan fingerprint density at radius 1 is 1.06 bits per heavy atom. The number of carbonyl (C=O) groups excluding carboxylic acids is 1. The van der Waals surface area contributed by atoms with Gasteiger partial charge in [0.05, 0.1) is 6.04 Å². The van der Waals surface area contributed by atoms with E-state index in [2.05, 4.69) is 11.8 Å². The molecule has 0 radical (unpaired) electrons. The lowest BCUT2D eigenvalue weighted by Gasteiger charge is -2.37. The van der Waals surface area contributed by atoms with Gasteiger partial charge in [0.25, 0.3) is 5.91 Å². The minimum atomic E-state index is -1.04. The van der Waals surface area contributed by atoms with E-state index >= 15 is 0 Å². The van der Waals surface area contributed by atoms with Gasteiger partial charge in [0.15, 0.2) is 5.17 Å². The van der Waals surface area contributed by atoms with Crippen LogP contribution in [0.2, 0.25) is 10.0 Å². The molecule has 2 atom stereocenters. The summed E-state index contributed by atoms with van der Waals surface area (Å²) in [6.45, 7) is 9.46. The number of benzene rings is 2. The number of nitrogens with zero attached hydrogens (tertiary/aromatic N) is 3. The van der Waals surface area contributed by atoms with Crippen molar-refractivity contribution in [1.82, 2.24) is 9.80 Å². The van der Waals surface area contributed by atoms with Crippen molar-refractivity contribution in [2.24, 2.45) is 10.9 Å². The first-order valence-corrected chi connectivity index (χ1v) is 13.4. The van der Waals surface area contributed by atoms with Crippen LogP contribution in [-0.4, -0.2) is 44.5 Å². The summed E-state index contributed by atoms with van der Waals surface area (Å²) in [5.41, 5.74) is 2.20. The molecule has 6 nitrogen and oxygen atoms in total. The molecule has 1 amide bonds. The van der Waals surface area contributed by atoms with Gasteiger partial charge in [-0.25, -0.2) is 4.99 Å². The van der Waals surface area contributed by atoms with Gasteiger partial charge in [0.2, 0.25) is 0 Å². The third-order valence-corrected chi connectivity index (χ3v) is 8.12. The summed E-state index contributed by atoms with van der Waals surface area (Å²) in [6, 6.07) is 14.9. The number of halogens is 2. The lowest BCUT2D eigenvalue weighted by molar-refractivity contribution is -0.143. The number of thioether (sulfide) groups is 1. The summed E-state index contributed by atoms with van der Waals surface area (Å²) < 4.78 is 0. The molecule has 0 spiro atoms. The predicted molar refractivity (Wildman–Crippen MR) is 146 cm³/mol. The van der Waals surface area contributed by atoms with E-state index in [4.69, 9.17) is 28.2 Å². The smallest absolute Gasteiger partial charge is 0.323 e. The van der Waals surface area contributed by atoms with Crippen molar-refractivity contribution in [1.29, 1.82) is 0 Å². The molecule has 9 heteroatoms. The van der Waals surface area contributed by atoms with Crippen molar-refractivity contribution in [2.45, 2.75) is 52.2 Å². The van der Waals surface area contributed by atoms with Gasteiger partial charge in [-0.05, 0) is 73.8 Å². The average molecular weight is 547 g/mol. The summed E-state index contributed by atoms with van der Waals surface area (Å²) in [4.78, 5) is 34.5. The number of fused-ring (bicyclic) bond motifs is 1. The molecule has 0 saturated heterocycles. The molecule has 2 unspecified atom stereocenters. The van der Waals surface area contributed by atoms with Crippen molar-refractivity contribution < 1.29 is 14.7 Å². The highest BCUT2D eigenvalue weighted by molar-refractivity contribution is 8.18. The predicted octanol–water partition coefficient (Wildman–Crippen LogP) is 6.56. The first-order chi connectivity index (χ1) is 16.9. The minimum Gasteiger partial charge on any atom is -0.480 e. The number of rotatable bonds is 7. The highest BCUT2D eigenvalue weighted by Crippen LogP contribution is 2.56. The molecule has 2 aliphatic rings. The van der Waals surface area contributed by atoms with Crippen LogP contribution in [0.3, 0.4) is 0 Å². The van der Waals surface area contributed by atoms with Crippen LogP contribution in [0, 0.1) is 5.92 Å². The standard InChI is InChI=1S/C27H29Cl2N3O3S/c1-15(2)22-23(25(35)31(16(3)4)14-21(33)34)36-26-30-27(5,18-8-12-20(29)13-9-18)24(32(22)26)17-6-10-19(28)11-7-17/h6-13,15-16,24H,14H2,1-5H3,(H,33,34). The Morgan fingerprint density at radius 2 is 1.61 bits per heavy atom. The van der Waals surface area contributed by atoms with Crippen molar-refractivity contribution in [3.63, 3.8) is 0 Å². The number of aliphatic carboxylic acids is 1. The number of amidine groups is 1. The van der Waals surface area contributed by atoms with E-state index in [9.17, 15) is 14.7 Å². The van der Waals surface area contributed by atoms with E-state index in [1.807, 2.05) is 76.2 Å². The molecule has 1 N–H and O–H groups in total. The van der Waals surface area contributed by atoms with Gasteiger partial charge >= 0.3 is 5.97 Å². The molecular weight excluding hydrogens is 517 g/mol. The molecule has 36 heavy (non-hydrogen) atoms. The number of carboxylic acid groups (broad SMARTS) is 1. The van der Waals surface area contributed by atoms with E-state index in [0.717, 1.165) is 22.0 Å². The Hall–Kier alpha value is -2.48. The number of allylic oxidation sites excluding steroid dienone is 1. The largest absolute Gasteiger partial charge is 0.480 e. The van der Waals surface area contributed by atoms with Crippen molar-refractivity contribution in [3.05, 3.63) is 80.3 Å². The van der Waals surface area contributed by atoms with Crippen LogP contribution in [0.25, 0.3) is 0 Å². The Labute approximate surface area is 226 Å². The maximum absolute atomic E-state index is 13.7. The van der Waals surface area contributed by atoms with Gasteiger partial charge in [0.1, 0.15) is 17.0 Å². The van der Waals surface area contributed by atoms with Crippen LogP contribution in [0.15, 0.2) is 64.1 Å². The van der Waals surface area contributed by atoms with E-state index in [0.29, 0.717) is 15.0 Å². The minimum absolute atomic E-state index is 0.00893. The molecule has 0 fully saturated rings. The molecule has 0 aliphatic carbocycles. The van der Waals surface area contributed by atoms with Crippen LogP contribution in [0.5, 0.6) is 0 Å². The summed E-state index contributed by atoms with van der Waals surface area (Å²) >= 11 is 13.7. The number of amides is 1. The summed E-state index contributed by atoms with van der Waals surface area (Å²) in [5.74, 6) is -1.34. The zero-order valence-electron chi connectivity index (χ0n) is 20.8. The van der Waals surface area contributed by atoms with Crippen LogP contribution in [0.1, 0.15) is 51.8 Å². The third kappa shape index (κ3) is 4.76. The molecule has 2 aromatic rings.